The topological polar surface area (TPSA) is 77.6 Å². The van der Waals surface area contributed by atoms with Gasteiger partial charge in [-0.05, 0) is 35.9 Å². The molecule has 0 aliphatic carbocycles. The van der Waals surface area contributed by atoms with Crippen molar-refractivity contribution in [2.75, 3.05) is 0 Å². The molecule has 5 aromatic carbocycles. The predicted molar refractivity (Wildman–Crippen MR) is 291 cm³/mol. The van der Waals surface area contributed by atoms with E-state index in [0.717, 1.165) is 61.1 Å². The fourth-order valence-corrected chi connectivity index (χ4v) is 12.7. The average Bonchev–Trinajstić information content (AvgIpc) is 3.69. The van der Waals surface area contributed by atoms with E-state index in [0.29, 0.717) is 17.5 Å². The van der Waals surface area contributed by atoms with E-state index in [1.165, 1.54) is 26.9 Å². The summed E-state index contributed by atoms with van der Waals surface area (Å²) in [5, 5.41) is 7.80. The minimum atomic E-state index is -2.09. The van der Waals surface area contributed by atoms with Crippen LogP contribution >= 0.6 is 0 Å². The number of fused-ring (bicyclic) bond motifs is 3. The average molecular weight is 1130 g/mol. The Morgan fingerprint density at radius 1 is 0.493 bits per heavy atom. The van der Waals surface area contributed by atoms with Crippen molar-refractivity contribution in [2.24, 2.45) is 0 Å². The number of furan rings is 1. The molecule has 9 rings (SSSR count). The second-order valence-corrected chi connectivity index (χ2v) is 41.5. The molecule has 11 heteroatoms. The molecule has 0 spiro atoms. The first kappa shape index (κ1) is 45.5. The van der Waals surface area contributed by atoms with Crippen LogP contribution in [0.2, 0.25) is 78.6 Å². The first-order valence-electron chi connectivity index (χ1n) is 24.1. The molecule has 4 aromatic heterocycles. The second-order valence-electron chi connectivity index (χ2n) is 21.2. The molecule has 0 aliphatic rings. The van der Waals surface area contributed by atoms with Crippen LogP contribution in [0.3, 0.4) is 0 Å². The quantitative estimate of drug-likeness (QED) is 0.106. The van der Waals surface area contributed by atoms with Gasteiger partial charge in [0.1, 0.15) is 5.58 Å². The van der Waals surface area contributed by atoms with Crippen molar-refractivity contribution in [2.45, 2.75) is 85.4 Å². The van der Waals surface area contributed by atoms with Crippen LogP contribution in [0.25, 0.3) is 78.6 Å². The molecule has 0 fully saturated rings. The van der Waals surface area contributed by atoms with Crippen LogP contribution in [0.1, 0.15) is 9.68 Å². The van der Waals surface area contributed by atoms with Gasteiger partial charge in [-0.2, -0.15) is 0 Å². The van der Waals surface area contributed by atoms with Gasteiger partial charge in [0.2, 0.25) is 0 Å². The van der Waals surface area contributed by atoms with Crippen molar-refractivity contribution in [3.63, 3.8) is 0 Å². The molecule has 343 valence electrons. The van der Waals surface area contributed by atoms with E-state index in [2.05, 4.69) is 161 Å². The summed E-state index contributed by atoms with van der Waals surface area (Å²) >= 11 is 0. The Morgan fingerprint density at radius 2 is 1.06 bits per heavy atom. The van der Waals surface area contributed by atoms with Crippen molar-refractivity contribution in [3.05, 3.63) is 151 Å². The largest absolute Gasteiger partial charge is 0.501 e. The number of hydrogen-bond donors (Lipinski definition) is 0. The first-order chi connectivity index (χ1) is 32.3. The zero-order chi connectivity index (χ0) is 49.7. The van der Waals surface area contributed by atoms with Crippen molar-refractivity contribution in [1.82, 2.24) is 24.9 Å². The summed E-state index contributed by atoms with van der Waals surface area (Å²) in [5.41, 5.74) is 8.12. The molecular formula is C56H61IrN5OSi4-2. The number of nitrogens with zero attached hydrogens (tertiary/aromatic N) is 5. The molecule has 0 bridgehead atoms. The fraction of sp³-hybridized carbons (Fsp3) is 0.232. The van der Waals surface area contributed by atoms with Crippen LogP contribution in [-0.4, -0.2) is 57.2 Å². The molecule has 9 aromatic rings. The van der Waals surface area contributed by atoms with Crippen molar-refractivity contribution in [3.8, 4) is 56.7 Å². The van der Waals surface area contributed by atoms with E-state index in [-0.39, 0.29) is 25.7 Å². The number of aryl methyl sites for hydroxylation is 1. The van der Waals surface area contributed by atoms with Crippen LogP contribution < -0.4 is 20.7 Å². The molecule has 0 saturated carbocycles. The maximum atomic E-state index is 7.23. The molecule has 0 atom stereocenters. The van der Waals surface area contributed by atoms with Gasteiger partial charge < -0.3 is 14.4 Å². The van der Waals surface area contributed by atoms with E-state index in [4.69, 9.17) is 23.5 Å². The van der Waals surface area contributed by atoms with E-state index < -0.39 is 39.1 Å². The smallest absolute Gasteiger partial charge is 0.164 e. The van der Waals surface area contributed by atoms with E-state index in [9.17, 15) is 0 Å². The van der Waals surface area contributed by atoms with Crippen LogP contribution in [0.5, 0.6) is 0 Å². The number of aromatic nitrogens is 5. The second kappa shape index (κ2) is 19.4. The summed E-state index contributed by atoms with van der Waals surface area (Å²) in [6, 6.07) is 47.7. The van der Waals surface area contributed by atoms with Crippen molar-refractivity contribution < 1.29 is 28.6 Å². The number of hydrogen-bond acceptors (Lipinski definition) is 6. The third-order valence-corrected chi connectivity index (χ3v) is 19.9. The van der Waals surface area contributed by atoms with Gasteiger partial charge in [-0.25, -0.2) is 15.0 Å². The van der Waals surface area contributed by atoms with E-state index in [1.54, 1.807) is 24.4 Å². The third kappa shape index (κ3) is 11.4. The van der Waals surface area contributed by atoms with E-state index >= 15 is 0 Å². The maximum absolute atomic E-state index is 7.23. The van der Waals surface area contributed by atoms with Gasteiger partial charge in [-0.3, -0.25) is 0 Å². The normalized spacial score (nSPS) is 13.0. The standard InChI is InChI=1S/C44H51N4OSi4.C12H10N.Ir/c1-50(2,3)32-22-30(23-33(27-32)51(4,5)6)43-46-42(47-44(48-43)31-24-34(52(7,8)9)28-35(25-31)53(10,11)12)29-19-20-36-37-16-15-17-38(39-18-13-14-21-45-39)41(37)49-40(36)26-29;1-10-7-8-12(13-9-10)11-5-3-2-4-6-11;/h13-16,18-28H,1-12H3;2-5,7-9H,1H3;/q2*-1;/i;1D3;. The predicted octanol–water partition coefficient (Wildman–Crippen LogP) is 12.7. The summed E-state index contributed by atoms with van der Waals surface area (Å²) in [6.45, 7) is 27.0. The van der Waals surface area contributed by atoms with Gasteiger partial charge in [0.05, 0.1) is 37.9 Å². The number of pyridine rings is 2. The number of benzene rings is 5. The van der Waals surface area contributed by atoms with Gasteiger partial charge in [0.15, 0.2) is 17.5 Å². The Kier molecular flexibility index (Phi) is 13.2. The Hall–Kier alpha value is -5.27. The maximum Gasteiger partial charge on any atom is 0.164 e. The van der Waals surface area contributed by atoms with Crippen LogP contribution in [0, 0.1) is 19.0 Å². The van der Waals surface area contributed by atoms with Crippen LogP contribution in [-0.2, 0) is 20.1 Å². The van der Waals surface area contributed by atoms with Gasteiger partial charge in [0, 0.05) is 58.7 Å². The summed E-state index contributed by atoms with van der Waals surface area (Å²) < 4.78 is 28.3. The van der Waals surface area contributed by atoms with Gasteiger partial charge in [-0.1, -0.05) is 183 Å². The minimum absolute atomic E-state index is 0. The Balaban J connectivity index is 0.000000360. The van der Waals surface area contributed by atoms with Crippen molar-refractivity contribution in [1.29, 1.82) is 0 Å². The summed E-state index contributed by atoms with van der Waals surface area (Å²) in [4.78, 5) is 24.6. The monoisotopic (exact) mass is 1130 g/mol. The van der Waals surface area contributed by atoms with Crippen LogP contribution in [0.15, 0.2) is 138 Å². The SMILES string of the molecule is C[Si](C)(C)c1cc(-c2nc(-c3cc([Si](C)(C)C)cc([Si](C)(C)C)c3)nc(-c3ccc4c(c3)oc3c(-c5ccccn5)[c-]ccc34)n2)cc([Si](C)(C)C)c1.[2H]C([2H])([2H])c1ccc(-c2[c-]cccc2)nc1.[Ir]. The first-order valence-corrected chi connectivity index (χ1v) is 36.6. The Labute approximate surface area is 419 Å². The molecule has 4 heterocycles. The molecule has 0 N–H and O–H groups in total. The molecule has 0 saturated heterocycles. The van der Waals surface area contributed by atoms with Gasteiger partial charge in [0.25, 0.3) is 0 Å². The fourth-order valence-electron chi connectivity index (χ4n) is 7.70. The summed E-state index contributed by atoms with van der Waals surface area (Å²) in [5.74, 6) is 2.08. The zero-order valence-corrected chi connectivity index (χ0v) is 47.1. The molecule has 1 radical (unpaired) electrons. The van der Waals surface area contributed by atoms with Crippen LogP contribution in [0.4, 0.5) is 0 Å². The Bertz CT molecular complexity index is 3150. The third-order valence-electron chi connectivity index (χ3n) is 11.8. The molecule has 6 nitrogen and oxygen atoms in total. The van der Waals surface area contributed by atoms with Crippen molar-refractivity contribution >= 4 is 75.0 Å². The Morgan fingerprint density at radius 3 is 1.54 bits per heavy atom. The van der Waals surface area contributed by atoms with E-state index in [1.807, 2.05) is 42.5 Å². The molecular weight excluding hydrogens is 1060 g/mol. The number of rotatable bonds is 9. The van der Waals surface area contributed by atoms with Gasteiger partial charge >= 0.3 is 0 Å². The van der Waals surface area contributed by atoms with Gasteiger partial charge in [-0.15, -0.1) is 54.1 Å². The summed E-state index contributed by atoms with van der Waals surface area (Å²) in [7, 11) is -6.62. The zero-order valence-electron chi connectivity index (χ0n) is 43.7. The minimum Gasteiger partial charge on any atom is -0.501 e. The summed E-state index contributed by atoms with van der Waals surface area (Å²) in [6.07, 6.45) is 3.19. The molecule has 67 heavy (non-hydrogen) atoms. The molecule has 0 unspecified atom stereocenters. The molecule has 0 aliphatic heterocycles. The molecule has 0 amide bonds.